The highest BCUT2D eigenvalue weighted by Gasteiger charge is 2.30. The number of aromatic hydroxyl groups is 1. The molecule has 0 heterocycles. The minimum absolute atomic E-state index is 0.261. The summed E-state index contributed by atoms with van der Waals surface area (Å²) in [5, 5.41) is 11.3. The van der Waals surface area contributed by atoms with Crippen molar-refractivity contribution in [1.29, 1.82) is 0 Å². The highest BCUT2D eigenvalue weighted by atomic mass is 79.9. The van der Waals surface area contributed by atoms with Gasteiger partial charge in [-0.3, -0.25) is 0 Å². The molecular formula is C21H22Br8O3. The van der Waals surface area contributed by atoms with Crippen LogP contribution in [0.5, 0.6) is 11.5 Å². The second-order valence-electron chi connectivity index (χ2n) is 7.15. The van der Waals surface area contributed by atoms with E-state index < -0.39 is 0 Å². The SMILES string of the molecule is BrCC(Br)COCC(Br)CBr.CC(C)(c1ccc(O)cc1)c1c(Br)cc(OBr)c(Br)c1Br. The molecule has 180 valence electrons. The highest BCUT2D eigenvalue weighted by molar-refractivity contribution is 9.13. The number of phenols is 1. The van der Waals surface area contributed by atoms with E-state index in [0.717, 1.165) is 48.4 Å². The van der Waals surface area contributed by atoms with Crippen LogP contribution in [0, 0.1) is 0 Å². The van der Waals surface area contributed by atoms with Gasteiger partial charge in [0.05, 0.1) is 17.7 Å². The lowest BCUT2D eigenvalue weighted by Gasteiger charge is -2.29. The molecule has 0 aliphatic carbocycles. The molecule has 11 heteroatoms. The molecule has 0 aliphatic rings. The van der Waals surface area contributed by atoms with Crippen LogP contribution < -0.4 is 3.83 Å². The first-order valence-corrected chi connectivity index (χ1v) is 16.3. The Labute approximate surface area is 257 Å². The summed E-state index contributed by atoms with van der Waals surface area (Å²) >= 11 is 27.4. The number of halogens is 8. The number of phenolic OH excluding ortho intramolecular Hbond substituents is 1. The maximum absolute atomic E-state index is 9.47. The third kappa shape index (κ3) is 9.71. The Morgan fingerprint density at radius 3 is 1.84 bits per heavy atom. The minimum atomic E-state index is -0.265. The van der Waals surface area contributed by atoms with Gasteiger partial charge in [0.25, 0.3) is 0 Å². The van der Waals surface area contributed by atoms with Gasteiger partial charge in [-0.15, -0.1) is 0 Å². The van der Waals surface area contributed by atoms with E-state index in [0.29, 0.717) is 15.4 Å². The zero-order chi connectivity index (χ0) is 24.5. The second kappa shape index (κ2) is 15.8. The van der Waals surface area contributed by atoms with Crippen LogP contribution in [0.3, 0.4) is 0 Å². The van der Waals surface area contributed by atoms with Crippen molar-refractivity contribution in [2.24, 2.45) is 0 Å². The van der Waals surface area contributed by atoms with Gasteiger partial charge >= 0.3 is 0 Å². The molecule has 0 aliphatic heterocycles. The van der Waals surface area contributed by atoms with Gasteiger partial charge < -0.3 is 13.7 Å². The molecule has 0 saturated heterocycles. The molecule has 32 heavy (non-hydrogen) atoms. The van der Waals surface area contributed by atoms with Crippen LogP contribution in [0.1, 0.15) is 25.0 Å². The first-order valence-electron chi connectivity index (χ1n) is 9.23. The van der Waals surface area contributed by atoms with Gasteiger partial charge in [-0.25, -0.2) is 0 Å². The van der Waals surface area contributed by atoms with Gasteiger partial charge in [-0.2, -0.15) is 0 Å². The van der Waals surface area contributed by atoms with Crippen molar-refractivity contribution in [2.45, 2.75) is 28.9 Å². The number of hydrogen-bond donors (Lipinski definition) is 1. The molecule has 2 aromatic carbocycles. The molecule has 0 radical (unpaired) electrons. The lowest BCUT2D eigenvalue weighted by Crippen LogP contribution is -2.20. The molecule has 0 fully saturated rings. The second-order valence-corrected chi connectivity index (χ2v) is 13.8. The van der Waals surface area contributed by atoms with Gasteiger partial charge in [-0.1, -0.05) is 106 Å². The number of rotatable bonds is 9. The Balaban J connectivity index is 0.000000396. The van der Waals surface area contributed by atoms with Crippen LogP contribution in [-0.2, 0) is 10.2 Å². The summed E-state index contributed by atoms with van der Waals surface area (Å²) < 4.78 is 13.2. The normalized spacial score (nSPS) is 13.2. The number of ether oxygens (including phenoxy) is 1. The van der Waals surface area contributed by atoms with E-state index >= 15 is 0 Å². The minimum Gasteiger partial charge on any atom is -0.508 e. The first kappa shape index (κ1) is 31.9. The molecule has 0 spiro atoms. The van der Waals surface area contributed by atoms with Crippen LogP contribution in [0.4, 0.5) is 0 Å². The lowest BCUT2D eigenvalue weighted by molar-refractivity contribution is 0.145. The fraction of sp³-hybridized carbons (Fsp3) is 0.429. The Bertz CT molecular complexity index is 836. The summed E-state index contributed by atoms with van der Waals surface area (Å²) in [5.74, 6) is 0.941. The third-order valence-corrected chi connectivity index (χ3v) is 11.9. The van der Waals surface area contributed by atoms with Gasteiger partial charge in [0.2, 0.25) is 0 Å². The van der Waals surface area contributed by atoms with Crippen molar-refractivity contribution in [3.8, 4) is 11.5 Å². The molecule has 2 atom stereocenters. The molecule has 1 N–H and O–H groups in total. The van der Waals surface area contributed by atoms with Crippen molar-refractivity contribution in [2.75, 3.05) is 23.9 Å². The molecular weight excluding hydrogens is 939 g/mol. The van der Waals surface area contributed by atoms with E-state index in [1.807, 2.05) is 18.2 Å². The maximum Gasteiger partial charge on any atom is 0.179 e. The van der Waals surface area contributed by atoms with E-state index in [1.54, 1.807) is 12.1 Å². The quantitative estimate of drug-likeness (QED) is 0.201. The maximum atomic E-state index is 9.47. The summed E-state index contributed by atoms with van der Waals surface area (Å²) in [5.41, 5.74) is 1.92. The van der Waals surface area contributed by atoms with Gasteiger partial charge in [0.15, 0.2) is 22.0 Å². The van der Waals surface area contributed by atoms with E-state index in [-0.39, 0.29) is 11.2 Å². The summed E-state index contributed by atoms with van der Waals surface area (Å²) in [7, 11) is 0. The van der Waals surface area contributed by atoms with Crippen molar-refractivity contribution in [3.05, 3.63) is 54.9 Å². The highest BCUT2D eigenvalue weighted by Crippen LogP contribution is 2.47. The molecule has 2 aromatic rings. The summed E-state index contributed by atoms with van der Waals surface area (Å²) in [6.45, 7) is 5.76. The Morgan fingerprint density at radius 2 is 1.41 bits per heavy atom. The zero-order valence-electron chi connectivity index (χ0n) is 17.2. The standard InChI is InChI=1S/C15H12Br4O2.C6H10Br4O/c1-15(2,8-3-5-9(20)6-4-8)12-10(16)7-11(21-19)13(17)14(12)18;7-1-5(9)3-11-4-6(10)2-8/h3-7,20H,1-2H3;5-6H,1-4H2. The smallest absolute Gasteiger partial charge is 0.179 e. The predicted molar refractivity (Wildman–Crippen MR) is 163 cm³/mol. The number of benzene rings is 2. The number of alkyl halides is 4. The van der Waals surface area contributed by atoms with E-state index in [4.69, 9.17) is 8.57 Å². The average Bonchev–Trinajstić information content (AvgIpc) is 2.76. The van der Waals surface area contributed by atoms with Crippen molar-refractivity contribution in [3.63, 3.8) is 0 Å². The van der Waals surface area contributed by atoms with Gasteiger partial charge in [0, 0.05) is 34.7 Å². The average molecular weight is 962 g/mol. The summed E-state index contributed by atoms with van der Waals surface area (Å²) in [4.78, 5) is 0.829. The van der Waals surface area contributed by atoms with E-state index in [2.05, 4.69) is 142 Å². The van der Waals surface area contributed by atoms with Crippen molar-refractivity contribution >= 4 is 128 Å². The van der Waals surface area contributed by atoms with Gasteiger partial charge in [-0.05, 0) is 61.2 Å². The van der Waals surface area contributed by atoms with Crippen molar-refractivity contribution in [1.82, 2.24) is 0 Å². The molecule has 0 aromatic heterocycles. The predicted octanol–water partition coefficient (Wildman–Crippen LogP) is 10.0. The topological polar surface area (TPSA) is 38.7 Å². The van der Waals surface area contributed by atoms with Crippen molar-refractivity contribution < 1.29 is 13.7 Å². The van der Waals surface area contributed by atoms with Crippen LogP contribution in [-0.4, -0.2) is 38.6 Å². The first-order chi connectivity index (χ1) is 15.0. The number of hydrogen-bond acceptors (Lipinski definition) is 3. The van der Waals surface area contributed by atoms with Crippen LogP contribution in [0.15, 0.2) is 43.7 Å². The molecule has 2 unspecified atom stereocenters. The largest absolute Gasteiger partial charge is 0.508 e. The molecule has 2 rings (SSSR count). The van der Waals surface area contributed by atoms with Crippen LogP contribution in [0.25, 0.3) is 0 Å². The van der Waals surface area contributed by atoms with Crippen LogP contribution >= 0.6 is 128 Å². The van der Waals surface area contributed by atoms with E-state index in [9.17, 15) is 5.11 Å². The lowest BCUT2D eigenvalue weighted by atomic mass is 9.78. The molecule has 0 amide bonds. The molecule has 0 saturated carbocycles. The van der Waals surface area contributed by atoms with Crippen LogP contribution in [0.2, 0.25) is 0 Å². The molecule has 3 nitrogen and oxygen atoms in total. The van der Waals surface area contributed by atoms with E-state index in [1.165, 1.54) is 0 Å². The Kier molecular flexibility index (Phi) is 15.8. The third-order valence-electron chi connectivity index (χ3n) is 4.35. The Hall–Kier alpha value is 1.84. The van der Waals surface area contributed by atoms with Gasteiger partial charge in [0.1, 0.15) is 5.75 Å². The monoisotopic (exact) mass is 954 g/mol. The fourth-order valence-electron chi connectivity index (χ4n) is 2.64. The summed E-state index contributed by atoms with van der Waals surface area (Å²) in [6.07, 6.45) is 0. The molecule has 0 bridgehead atoms. The Morgan fingerprint density at radius 1 is 0.906 bits per heavy atom. The fourth-order valence-corrected chi connectivity index (χ4v) is 6.32. The summed E-state index contributed by atoms with van der Waals surface area (Å²) in [6, 6.07) is 9.16. The zero-order valence-corrected chi connectivity index (χ0v) is 29.8.